The van der Waals surface area contributed by atoms with Crippen LogP contribution in [0.2, 0.25) is 0 Å². The van der Waals surface area contributed by atoms with Crippen LogP contribution in [0.25, 0.3) is 0 Å². The van der Waals surface area contributed by atoms with Gasteiger partial charge in [0, 0.05) is 26.2 Å². The largest absolute Gasteiger partial charge is 0.444 e. The normalized spacial score (nSPS) is 16.0. The Morgan fingerprint density at radius 2 is 1.86 bits per heavy atom. The van der Waals surface area contributed by atoms with Crippen molar-refractivity contribution in [1.82, 2.24) is 4.90 Å². The highest BCUT2D eigenvalue weighted by molar-refractivity contribution is 6.32. The lowest BCUT2D eigenvalue weighted by molar-refractivity contribution is 0.0240. The van der Waals surface area contributed by atoms with E-state index in [-0.39, 0.29) is 6.09 Å². The molecule has 1 amide bonds. The Bertz CT molecular complexity index is 520. The fourth-order valence-electron chi connectivity index (χ4n) is 2.32. The molecule has 1 aromatic rings. The Balaban J connectivity index is 1.95. The highest BCUT2D eigenvalue weighted by Crippen LogP contribution is 2.23. The van der Waals surface area contributed by atoms with Crippen molar-refractivity contribution in [2.24, 2.45) is 0 Å². The predicted octanol–water partition coefficient (Wildman–Crippen LogP) is 1.12. The molecule has 0 saturated carbocycles. The Hall–Kier alpha value is -1.85. The van der Waals surface area contributed by atoms with Crippen molar-refractivity contribution >= 4 is 30.8 Å². The Morgan fingerprint density at radius 3 is 2.38 bits per heavy atom. The average molecular weight is 287 g/mol. The number of anilines is 2. The number of piperazine rings is 1. The van der Waals surface area contributed by atoms with Gasteiger partial charge in [-0.05, 0) is 32.9 Å². The topological polar surface area (TPSA) is 58.8 Å². The van der Waals surface area contributed by atoms with Gasteiger partial charge in [-0.3, -0.25) is 0 Å². The molecule has 112 valence electrons. The van der Waals surface area contributed by atoms with E-state index in [9.17, 15) is 4.79 Å². The van der Waals surface area contributed by atoms with Gasteiger partial charge in [0.15, 0.2) is 0 Å². The van der Waals surface area contributed by atoms with Gasteiger partial charge in [0.2, 0.25) is 0 Å². The van der Waals surface area contributed by atoms with E-state index in [0.29, 0.717) is 24.2 Å². The molecular weight excluding hydrogens is 265 g/mol. The number of hydrogen-bond donors (Lipinski definition) is 1. The first-order valence-electron chi connectivity index (χ1n) is 7.14. The molecule has 0 aromatic heterocycles. The van der Waals surface area contributed by atoms with Gasteiger partial charge in [-0.1, -0.05) is 11.5 Å². The molecule has 1 fully saturated rings. The van der Waals surface area contributed by atoms with Crippen LogP contribution in [0.1, 0.15) is 20.8 Å². The number of ether oxygens (including phenoxy) is 1. The fraction of sp³-hybridized carbons (Fsp3) is 0.533. The van der Waals surface area contributed by atoms with Crippen molar-refractivity contribution in [3.63, 3.8) is 0 Å². The van der Waals surface area contributed by atoms with Crippen molar-refractivity contribution in [3.05, 3.63) is 18.2 Å². The quantitative estimate of drug-likeness (QED) is 0.621. The molecule has 1 aliphatic rings. The van der Waals surface area contributed by atoms with E-state index < -0.39 is 5.60 Å². The van der Waals surface area contributed by atoms with Crippen molar-refractivity contribution in [2.75, 3.05) is 36.8 Å². The monoisotopic (exact) mass is 287 g/mol. The third kappa shape index (κ3) is 4.06. The van der Waals surface area contributed by atoms with Crippen LogP contribution >= 0.6 is 0 Å². The van der Waals surface area contributed by atoms with E-state index in [1.165, 1.54) is 0 Å². The van der Waals surface area contributed by atoms with Gasteiger partial charge in [0.25, 0.3) is 0 Å². The maximum Gasteiger partial charge on any atom is 0.410 e. The standard InChI is InChI=1S/C15H22BN3O2/c1-15(2,3)21-14(20)19-8-6-18(7-9-19)13-5-4-11(16)10-12(13)17/h4-5,10H,6-9,17H2,1-3H3. The molecule has 1 saturated heterocycles. The number of nitrogens with two attached hydrogens (primary N) is 1. The molecule has 5 nitrogen and oxygen atoms in total. The molecule has 2 rings (SSSR count). The first-order valence-corrected chi connectivity index (χ1v) is 7.14. The Labute approximate surface area is 127 Å². The second-order valence-electron chi connectivity index (χ2n) is 6.27. The zero-order chi connectivity index (χ0) is 15.6. The Morgan fingerprint density at radius 1 is 1.24 bits per heavy atom. The third-order valence-corrected chi connectivity index (χ3v) is 3.32. The minimum absolute atomic E-state index is 0.257. The maximum atomic E-state index is 12.0. The van der Waals surface area contributed by atoms with E-state index in [0.717, 1.165) is 18.8 Å². The molecule has 0 bridgehead atoms. The van der Waals surface area contributed by atoms with Crippen molar-refractivity contribution in [3.8, 4) is 0 Å². The lowest BCUT2D eigenvalue weighted by Gasteiger charge is -2.37. The number of carbonyl (C=O) groups is 1. The molecule has 21 heavy (non-hydrogen) atoms. The summed E-state index contributed by atoms with van der Waals surface area (Å²) in [6.07, 6.45) is -0.257. The van der Waals surface area contributed by atoms with Crippen LogP contribution in [0.15, 0.2) is 18.2 Å². The van der Waals surface area contributed by atoms with E-state index >= 15 is 0 Å². The summed E-state index contributed by atoms with van der Waals surface area (Å²) in [6.45, 7) is 8.32. The van der Waals surface area contributed by atoms with Gasteiger partial charge in [-0.25, -0.2) is 4.79 Å². The van der Waals surface area contributed by atoms with Crippen LogP contribution in [0.4, 0.5) is 16.2 Å². The van der Waals surface area contributed by atoms with Crippen molar-refractivity contribution in [2.45, 2.75) is 26.4 Å². The number of hydrogen-bond acceptors (Lipinski definition) is 4. The van der Waals surface area contributed by atoms with E-state index in [1.54, 1.807) is 11.0 Å². The van der Waals surface area contributed by atoms with Crippen molar-refractivity contribution < 1.29 is 9.53 Å². The first-order chi connectivity index (χ1) is 9.76. The summed E-state index contributed by atoms with van der Waals surface area (Å²) in [5, 5.41) is 0. The minimum atomic E-state index is -0.463. The van der Waals surface area contributed by atoms with Gasteiger partial charge in [-0.2, -0.15) is 0 Å². The molecule has 2 N–H and O–H groups in total. The highest BCUT2D eigenvalue weighted by atomic mass is 16.6. The van der Waals surface area contributed by atoms with E-state index in [4.69, 9.17) is 18.3 Å². The third-order valence-electron chi connectivity index (χ3n) is 3.32. The van der Waals surface area contributed by atoms with Gasteiger partial charge < -0.3 is 20.3 Å². The van der Waals surface area contributed by atoms with Crippen LogP contribution in [-0.4, -0.2) is 50.6 Å². The summed E-state index contributed by atoms with van der Waals surface area (Å²) in [5.74, 6) is 0. The second-order valence-corrected chi connectivity index (χ2v) is 6.27. The number of benzene rings is 1. The summed E-state index contributed by atoms with van der Waals surface area (Å²) in [6, 6.07) is 5.52. The predicted molar refractivity (Wildman–Crippen MR) is 86.3 cm³/mol. The van der Waals surface area contributed by atoms with E-state index in [2.05, 4.69) is 4.90 Å². The summed E-state index contributed by atoms with van der Waals surface area (Å²) < 4.78 is 5.38. The van der Waals surface area contributed by atoms with Gasteiger partial charge in [-0.15, -0.1) is 0 Å². The smallest absolute Gasteiger partial charge is 0.410 e. The highest BCUT2D eigenvalue weighted by Gasteiger charge is 2.26. The molecule has 0 aliphatic carbocycles. The number of rotatable bonds is 1. The summed E-state index contributed by atoms with van der Waals surface area (Å²) in [5.41, 5.74) is 7.83. The summed E-state index contributed by atoms with van der Waals surface area (Å²) in [4.78, 5) is 15.9. The summed E-state index contributed by atoms with van der Waals surface area (Å²) >= 11 is 0. The number of nitrogens with zero attached hydrogens (tertiary/aromatic N) is 2. The fourth-order valence-corrected chi connectivity index (χ4v) is 2.32. The molecule has 6 heteroatoms. The van der Waals surface area contributed by atoms with Crippen LogP contribution < -0.4 is 16.1 Å². The SMILES string of the molecule is [B]c1ccc(N2CCN(C(=O)OC(C)(C)C)CC2)c(N)c1. The number of carbonyl (C=O) groups excluding carboxylic acids is 1. The van der Waals surface area contributed by atoms with Gasteiger partial charge in [0.05, 0.1) is 11.4 Å². The second kappa shape index (κ2) is 5.88. The average Bonchev–Trinajstić information content (AvgIpc) is 2.37. The van der Waals surface area contributed by atoms with Crippen LogP contribution in [0.3, 0.4) is 0 Å². The molecule has 1 heterocycles. The zero-order valence-electron chi connectivity index (χ0n) is 12.9. The van der Waals surface area contributed by atoms with Crippen molar-refractivity contribution in [1.29, 1.82) is 0 Å². The lowest BCUT2D eigenvalue weighted by Crippen LogP contribution is -2.50. The molecule has 1 aromatic carbocycles. The molecule has 0 spiro atoms. The van der Waals surface area contributed by atoms with Crippen LogP contribution in [0, 0.1) is 0 Å². The Kier molecular flexibility index (Phi) is 4.35. The van der Waals surface area contributed by atoms with E-state index in [1.807, 2.05) is 32.9 Å². The minimum Gasteiger partial charge on any atom is -0.444 e. The summed E-state index contributed by atoms with van der Waals surface area (Å²) in [7, 11) is 5.71. The molecule has 1 aliphatic heterocycles. The molecular formula is C15H22BN3O2. The van der Waals surface area contributed by atoms with Gasteiger partial charge in [0.1, 0.15) is 13.4 Å². The zero-order valence-corrected chi connectivity index (χ0v) is 12.9. The molecule has 2 radical (unpaired) electrons. The maximum absolute atomic E-state index is 12.0. The molecule has 0 atom stereocenters. The lowest BCUT2D eigenvalue weighted by atomic mass is 9.95. The number of amides is 1. The number of nitrogen functional groups attached to an aromatic ring is 1. The van der Waals surface area contributed by atoms with Gasteiger partial charge >= 0.3 is 6.09 Å². The van der Waals surface area contributed by atoms with Crippen LogP contribution in [-0.2, 0) is 4.74 Å². The van der Waals surface area contributed by atoms with Crippen LogP contribution in [0.5, 0.6) is 0 Å². The molecule has 0 unspecified atom stereocenters. The first kappa shape index (κ1) is 15.5.